The maximum Gasteiger partial charge on any atom is 0.407 e. The maximum atomic E-state index is 13.9. The highest BCUT2D eigenvalue weighted by molar-refractivity contribution is 6.30. The number of alkyl halides is 1. The minimum Gasteiger partial charge on any atom is -0.444 e. The summed E-state index contributed by atoms with van der Waals surface area (Å²) in [6.45, 7) is 7.38. The average molecular weight is 542 g/mol. The van der Waals surface area contributed by atoms with E-state index in [1.165, 1.54) is 0 Å². The van der Waals surface area contributed by atoms with Crippen molar-refractivity contribution in [3.63, 3.8) is 0 Å². The molecule has 0 atom stereocenters. The number of anilines is 1. The molecule has 1 saturated carbocycles. The van der Waals surface area contributed by atoms with Gasteiger partial charge in [-0.25, -0.2) is 4.79 Å². The van der Waals surface area contributed by atoms with Gasteiger partial charge in [-0.05, 0) is 89.5 Å². The molecule has 10 heteroatoms. The molecular weight excluding hydrogens is 503 g/mol. The molecule has 1 heterocycles. The van der Waals surface area contributed by atoms with E-state index in [0.29, 0.717) is 56.3 Å². The number of nitrogens with one attached hydrogen (secondary N) is 3. The minimum atomic E-state index is -0.764. The highest BCUT2D eigenvalue weighted by Gasteiger charge is 2.45. The lowest BCUT2D eigenvalue weighted by atomic mass is 9.77. The smallest absolute Gasteiger partial charge is 0.407 e. The normalized spacial score (nSPS) is 23.0. The van der Waals surface area contributed by atoms with Crippen LogP contribution in [0.2, 0.25) is 5.02 Å². The van der Waals surface area contributed by atoms with E-state index in [-0.39, 0.29) is 23.7 Å². The van der Waals surface area contributed by atoms with Gasteiger partial charge in [0.25, 0.3) is 0 Å². The van der Waals surface area contributed by atoms with Crippen molar-refractivity contribution in [2.75, 3.05) is 30.8 Å². The van der Waals surface area contributed by atoms with Crippen molar-refractivity contribution >= 4 is 46.8 Å². The topological polar surface area (TPSA) is 99.8 Å². The molecule has 2 aliphatic rings. The number of carbonyl (C=O) groups is 3. The Kier molecular flexibility index (Phi) is 9.75. The van der Waals surface area contributed by atoms with Crippen LogP contribution in [0.3, 0.4) is 0 Å². The Bertz CT molecular complexity index is 904. The number of benzene rings is 1. The van der Waals surface area contributed by atoms with E-state index in [2.05, 4.69) is 16.0 Å². The van der Waals surface area contributed by atoms with Gasteiger partial charge in [0.05, 0.1) is 0 Å². The maximum absolute atomic E-state index is 13.9. The second kappa shape index (κ2) is 12.4. The molecule has 3 N–H and O–H groups in total. The van der Waals surface area contributed by atoms with Gasteiger partial charge < -0.3 is 25.6 Å². The summed E-state index contributed by atoms with van der Waals surface area (Å²) in [4.78, 5) is 39.6. The van der Waals surface area contributed by atoms with Gasteiger partial charge in [0.1, 0.15) is 17.0 Å². The minimum absolute atomic E-state index is 0.0417. The van der Waals surface area contributed by atoms with Crippen molar-refractivity contribution in [3.8, 4) is 0 Å². The Morgan fingerprint density at radius 1 is 1.06 bits per heavy atom. The molecule has 200 valence electrons. The lowest BCUT2D eigenvalue weighted by molar-refractivity contribution is -0.139. The molecule has 0 radical (unpaired) electrons. The predicted molar refractivity (Wildman–Crippen MR) is 142 cm³/mol. The zero-order valence-electron chi connectivity index (χ0n) is 21.4. The largest absolute Gasteiger partial charge is 0.444 e. The van der Waals surface area contributed by atoms with Crippen LogP contribution in [0.5, 0.6) is 0 Å². The van der Waals surface area contributed by atoms with Crippen LogP contribution in [0.15, 0.2) is 24.3 Å². The fourth-order valence-corrected chi connectivity index (χ4v) is 5.10. The standard InChI is InChI=1S/C26H38Cl2N4O4/c1-25(2,3)36-24(35)30-20-8-12-26(13-9-20,31-21-6-4-19(28)5-7-21)23(34)32-14-10-18(11-15-32)17-29-22(33)16-27/h4-7,18,20,31H,8-17H2,1-3H3,(H,29,33)(H,30,35). The molecule has 1 aromatic rings. The van der Waals surface area contributed by atoms with E-state index in [1.54, 1.807) is 12.1 Å². The van der Waals surface area contributed by atoms with E-state index in [1.807, 2.05) is 37.8 Å². The number of hydrogen-bond acceptors (Lipinski definition) is 5. The first kappa shape index (κ1) is 28.4. The zero-order chi connectivity index (χ0) is 26.3. The molecule has 0 bridgehead atoms. The number of amides is 3. The van der Waals surface area contributed by atoms with Gasteiger partial charge in [0, 0.05) is 36.4 Å². The summed E-state index contributed by atoms with van der Waals surface area (Å²) in [7, 11) is 0. The van der Waals surface area contributed by atoms with E-state index in [9.17, 15) is 14.4 Å². The molecule has 2 fully saturated rings. The fraction of sp³-hybridized carbons (Fsp3) is 0.654. The first-order valence-electron chi connectivity index (χ1n) is 12.6. The highest BCUT2D eigenvalue weighted by Crippen LogP contribution is 2.35. The summed E-state index contributed by atoms with van der Waals surface area (Å²) in [5.74, 6) is 0.199. The molecule has 8 nitrogen and oxygen atoms in total. The van der Waals surface area contributed by atoms with Gasteiger partial charge in [-0.2, -0.15) is 0 Å². The molecule has 1 aliphatic carbocycles. The van der Waals surface area contributed by atoms with Crippen LogP contribution < -0.4 is 16.0 Å². The number of alkyl carbamates (subject to hydrolysis) is 1. The van der Waals surface area contributed by atoms with Crippen LogP contribution in [0.1, 0.15) is 59.3 Å². The second-order valence-corrected chi connectivity index (χ2v) is 11.5. The molecule has 1 aromatic carbocycles. The van der Waals surface area contributed by atoms with Crippen molar-refractivity contribution in [2.45, 2.75) is 76.5 Å². The summed E-state index contributed by atoms with van der Waals surface area (Å²) in [6.07, 6.45) is 3.71. The van der Waals surface area contributed by atoms with Gasteiger partial charge in [0.2, 0.25) is 11.8 Å². The van der Waals surface area contributed by atoms with Crippen molar-refractivity contribution in [1.82, 2.24) is 15.5 Å². The summed E-state index contributed by atoms with van der Waals surface area (Å²) in [5.41, 5.74) is -0.488. The predicted octanol–water partition coefficient (Wildman–Crippen LogP) is 4.55. The summed E-state index contributed by atoms with van der Waals surface area (Å²) in [6, 6.07) is 7.32. The van der Waals surface area contributed by atoms with Crippen LogP contribution >= 0.6 is 23.2 Å². The number of hydrogen-bond donors (Lipinski definition) is 3. The molecular formula is C26H38Cl2N4O4. The van der Waals surface area contributed by atoms with Crippen LogP contribution in [0, 0.1) is 5.92 Å². The molecule has 0 spiro atoms. The van der Waals surface area contributed by atoms with Crippen LogP contribution in [-0.4, -0.2) is 65.5 Å². The number of nitrogens with zero attached hydrogens (tertiary/aromatic N) is 1. The van der Waals surface area contributed by atoms with Gasteiger partial charge in [-0.15, -0.1) is 11.6 Å². The van der Waals surface area contributed by atoms with Crippen LogP contribution in [-0.2, 0) is 14.3 Å². The monoisotopic (exact) mass is 540 g/mol. The Labute approximate surface area is 223 Å². The van der Waals surface area contributed by atoms with Crippen LogP contribution in [0.4, 0.5) is 10.5 Å². The number of rotatable bonds is 7. The molecule has 1 saturated heterocycles. The van der Waals surface area contributed by atoms with E-state index in [4.69, 9.17) is 27.9 Å². The first-order chi connectivity index (χ1) is 17.0. The number of likely N-dealkylation sites (tertiary alicyclic amines) is 1. The van der Waals surface area contributed by atoms with Crippen molar-refractivity contribution in [2.24, 2.45) is 5.92 Å². The summed E-state index contributed by atoms with van der Waals surface area (Å²) < 4.78 is 5.41. The van der Waals surface area contributed by atoms with Gasteiger partial charge in [-0.1, -0.05) is 11.6 Å². The van der Waals surface area contributed by atoms with E-state index in [0.717, 1.165) is 18.5 Å². The van der Waals surface area contributed by atoms with E-state index >= 15 is 0 Å². The van der Waals surface area contributed by atoms with E-state index < -0.39 is 17.2 Å². The first-order valence-corrected chi connectivity index (χ1v) is 13.6. The molecule has 0 aromatic heterocycles. The SMILES string of the molecule is CC(C)(C)OC(=O)NC1CCC(Nc2ccc(Cl)cc2)(C(=O)N2CCC(CNC(=O)CCl)CC2)CC1. The number of carbonyl (C=O) groups excluding carboxylic acids is 3. The molecule has 0 unspecified atom stereocenters. The van der Waals surface area contributed by atoms with Gasteiger partial charge in [0.15, 0.2) is 0 Å². The third kappa shape index (κ3) is 8.17. The second-order valence-electron chi connectivity index (χ2n) is 10.8. The Morgan fingerprint density at radius 3 is 2.22 bits per heavy atom. The van der Waals surface area contributed by atoms with Crippen LogP contribution in [0.25, 0.3) is 0 Å². The molecule has 3 rings (SSSR count). The lowest BCUT2D eigenvalue weighted by Crippen LogP contribution is -2.59. The number of halogens is 2. The summed E-state index contributed by atoms with van der Waals surface area (Å²) in [5, 5.41) is 9.97. The Hall–Kier alpha value is -2.19. The molecule has 3 amide bonds. The van der Waals surface area contributed by atoms with Gasteiger partial charge >= 0.3 is 6.09 Å². The molecule has 1 aliphatic heterocycles. The number of piperidine rings is 1. The lowest BCUT2D eigenvalue weighted by Gasteiger charge is -2.44. The number of ether oxygens (including phenoxy) is 1. The quantitative estimate of drug-likeness (QED) is 0.440. The molecule has 36 heavy (non-hydrogen) atoms. The Balaban J connectivity index is 1.65. The van der Waals surface area contributed by atoms with Crippen molar-refractivity contribution in [3.05, 3.63) is 29.3 Å². The van der Waals surface area contributed by atoms with Crippen molar-refractivity contribution < 1.29 is 19.1 Å². The summed E-state index contributed by atoms with van der Waals surface area (Å²) >= 11 is 11.6. The zero-order valence-corrected chi connectivity index (χ0v) is 22.9. The van der Waals surface area contributed by atoms with Crippen molar-refractivity contribution in [1.29, 1.82) is 0 Å². The fourth-order valence-electron chi connectivity index (χ4n) is 4.88. The average Bonchev–Trinajstić information content (AvgIpc) is 2.84. The van der Waals surface area contributed by atoms with Gasteiger partial charge in [-0.3, -0.25) is 9.59 Å². The highest BCUT2D eigenvalue weighted by atomic mass is 35.5. The third-order valence-corrected chi connectivity index (χ3v) is 7.30. The third-order valence-electron chi connectivity index (χ3n) is 6.81. The Morgan fingerprint density at radius 2 is 1.67 bits per heavy atom.